The Morgan fingerprint density at radius 3 is 2.22 bits per heavy atom. The summed E-state index contributed by atoms with van der Waals surface area (Å²) in [7, 11) is 0. The third-order valence-electron chi connectivity index (χ3n) is 3.95. The zero-order chi connectivity index (χ0) is 19.9. The van der Waals surface area contributed by atoms with E-state index in [0.717, 1.165) is 11.1 Å². The molecule has 0 saturated carbocycles. The van der Waals surface area contributed by atoms with Crippen LogP contribution in [0.15, 0.2) is 24.3 Å². The zero-order valence-electron chi connectivity index (χ0n) is 15.7. The van der Waals surface area contributed by atoms with E-state index < -0.39 is 37.1 Å². The van der Waals surface area contributed by atoms with Crippen LogP contribution >= 0.6 is 12.4 Å². The molecule has 0 aromatic heterocycles. The highest BCUT2D eigenvalue weighted by molar-refractivity contribution is 5.87. The van der Waals surface area contributed by atoms with Gasteiger partial charge in [-0.25, -0.2) is 0 Å². The lowest BCUT2D eigenvalue weighted by atomic mass is 10.1. The fourth-order valence-electron chi connectivity index (χ4n) is 2.22. The summed E-state index contributed by atoms with van der Waals surface area (Å²) in [6.45, 7) is 3.43. The van der Waals surface area contributed by atoms with Crippen LogP contribution in [0, 0.1) is 12.8 Å². The summed E-state index contributed by atoms with van der Waals surface area (Å²) < 4.78 is 38.3. The van der Waals surface area contributed by atoms with Gasteiger partial charge >= 0.3 is 6.18 Å². The van der Waals surface area contributed by atoms with E-state index in [9.17, 15) is 22.8 Å². The largest absolute Gasteiger partial charge is 0.406 e. The van der Waals surface area contributed by atoms with Crippen LogP contribution in [-0.2, 0) is 16.0 Å². The van der Waals surface area contributed by atoms with Gasteiger partial charge in [0.15, 0.2) is 0 Å². The molecule has 1 rings (SSSR count). The Kier molecular flexibility index (Phi) is 10.4. The molecule has 3 N–H and O–H groups in total. The predicted octanol–water partition coefficient (Wildman–Crippen LogP) is 2.45. The molecular formula is C18H27ClF3N3O2. The Bertz CT molecular complexity index is 607. The molecule has 0 heterocycles. The molecule has 0 saturated heterocycles. The molecule has 1 aromatic rings. The van der Waals surface area contributed by atoms with Gasteiger partial charge in [0.1, 0.15) is 6.54 Å². The molecule has 0 radical (unpaired) electrons. The molecule has 0 fully saturated rings. The molecule has 0 unspecified atom stereocenters. The standard InChI is InChI=1S/C18H26F3N3O2.ClH/c1-12(2)16(22)17(26)23-10-15(25)24(11-18(19,20)21)9-8-14-6-4-13(3)5-7-14;/h4-7,12,16H,8-11,22H2,1-3H3,(H,23,26);1H/t16-;/m0./s1. The van der Waals surface area contributed by atoms with E-state index in [-0.39, 0.29) is 24.9 Å². The Labute approximate surface area is 163 Å². The van der Waals surface area contributed by atoms with E-state index in [1.54, 1.807) is 13.8 Å². The van der Waals surface area contributed by atoms with Crippen LogP contribution < -0.4 is 11.1 Å². The molecule has 154 valence electrons. The van der Waals surface area contributed by atoms with E-state index in [4.69, 9.17) is 5.73 Å². The Morgan fingerprint density at radius 2 is 1.74 bits per heavy atom. The molecule has 1 aromatic carbocycles. The number of hydrogen-bond donors (Lipinski definition) is 2. The molecule has 0 aliphatic heterocycles. The van der Waals surface area contributed by atoms with Gasteiger partial charge in [-0.2, -0.15) is 13.2 Å². The van der Waals surface area contributed by atoms with Gasteiger partial charge in [-0.05, 0) is 24.8 Å². The second-order valence-corrected chi connectivity index (χ2v) is 6.65. The minimum absolute atomic E-state index is 0. The first kappa shape index (κ1) is 25.2. The quantitative estimate of drug-likeness (QED) is 0.692. The molecule has 0 spiro atoms. The maximum absolute atomic E-state index is 12.8. The SMILES string of the molecule is Cc1ccc(CCN(CC(F)(F)F)C(=O)CNC(=O)[C@@H](N)C(C)C)cc1.Cl. The number of carbonyl (C=O) groups is 2. The van der Waals surface area contributed by atoms with Gasteiger partial charge < -0.3 is 16.0 Å². The molecule has 0 bridgehead atoms. The topological polar surface area (TPSA) is 75.4 Å². The van der Waals surface area contributed by atoms with Crippen LogP contribution in [-0.4, -0.2) is 48.6 Å². The minimum atomic E-state index is -4.51. The van der Waals surface area contributed by atoms with E-state index in [1.165, 1.54) is 0 Å². The van der Waals surface area contributed by atoms with E-state index in [1.807, 2.05) is 31.2 Å². The number of hydrogen-bond acceptors (Lipinski definition) is 3. The van der Waals surface area contributed by atoms with Crippen molar-refractivity contribution in [2.75, 3.05) is 19.6 Å². The van der Waals surface area contributed by atoms with Crippen LogP contribution in [0.1, 0.15) is 25.0 Å². The fraction of sp³-hybridized carbons (Fsp3) is 0.556. The van der Waals surface area contributed by atoms with Crippen LogP contribution in [0.3, 0.4) is 0 Å². The second kappa shape index (κ2) is 11.1. The molecule has 0 aliphatic rings. The number of rotatable bonds is 8. The van der Waals surface area contributed by atoms with Gasteiger partial charge in [-0.15, -0.1) is 12.4 Å². The van der Waals surface area contributed by atoms with Crippen molar-refractivity contribution in [3.8, 4) is 0 Å². The van der Waals surface area contributed by atoms with Gasteiger partial charge in [0.2, 0.25) is 11.8 Å². The first-order valence-electron chi connectivity index (χ1n) is 8.43. The maximum Gasteiger partial charge on any atom is 0.406 e. The highest BCUT2D eigenvalue weighted by Crippen LogP contribution is 2.17. The molecule has 2 amide bonds. The van der Waals surface area contributed by atoms with Crippen LogP contribution in [0.2, 0.25) is 0 Å². The average molecular weight is 410 g/mol. The monoisotopic (exact) mass is 409 g/mol. The van der Waals surface area contributed by atoms with Gasteiger partial charge in [0.25, 0.3) is 0 Å². The van der Waals surface area contributed by atoms with Gasteiger partial charge in [-0.1, -0.05) is 43.7 Å². The number of nitrogens with zero attached hydrogens (tertiary/aromatic N) is 1. The molecule has 9 heteroatoms. The number of nitrogens with two attached hydrogens (primary N) is 1. The normalized spacial score (nSPS) is 12.3. The molecule has 0 aliphatic carbocycles. The highest BCUT2D eigenvalue weighted by atomic mass is 35.5. The number of benzene rings is 1. The average Bonchev–Trinajstić information content (AvgIpc) is 2.55. The predicted molar refractivity (Wildman–Crippen MR) is 101 cm³/mol. The van der Waals surface area contributed by atoms with Crippen molar-refractivity contribution in [3.05, 3.63) is 35.4 Å². The van der Waals surface area contributed by atoms with E-state index >= 15 is 0 Å². The highest BCUT2D eigenvalue weighted by Gasteiger charge is 2.33. The van der Waals surface area contributed by atoms with Crippen LogP contribution in [0.5, 0.6) is 0 Å². The Morgan fingerprint density at radius 1 is 1.19 bits per heavy atom. The summed E-state index contributed by atoms with van der Waals surface area (Å²) in [6.07, 6.45) is -4.22. The summed E-state index contributed by atoms with van der Waals surface area (Å²) in [5.74, 6) is -1.49. The van der Waals surface area contributed by atoms with Crippen molar-refractivity contribution in [3.63, 3.8) is 0 Å². The summed E-state index contributed by atoms with van der Waals surface area (Å²) in [6, 6.07) is 6.54. The fourth-order valence-corrected chi connectivity index (χ4v) is 2.22. The number of amides is 2. The van der Waals surface area contributed by atoms with Crippen LogP contribution in [0.4, 0.5) is 13.2 Å². The first-order valence-corrected chi connectivity index (χ1v) is 8.43. The summed E-state index contributed by atoms with van der Waals surface area (Å²) >= 11 is 0. The Hall–Kier alpha value is -1.80. The summed E-state index contributed by atoms with van der Waals surface area (Å²) in [5.41, 5.74) is 7.53. The molecular weight excluding hydrogens is 383 g/mol. The lowest BCUT2D eigenvalue weighted by molar-refractivity contribution is -0.160. The molecule has 1 atom stereocenters. The smallest absolute Gasteiger partial charge is 0.346 e. The van der Waals surface area contributed by atoms with Crippen molar-refractivity contribution in [1.29, 1.82) is 0 Å². The third kappa shape index (κ3) is 9.63. The van der Waals surface area contributed by atoms with Crippen molar-refractivity contribution in [2.45, 2.75) is 39.4 Å². The number of aryl methyl sites for hydroxylation is 1. The summed E-state index contributed by atoms with van der Waals surface area (Å²) in [4.78, 5) is 24.7. The van der Waals surface area contributed by atoms with Crippen molar-refractivity contribution in [2.24, 2.45) is 11.7 Å². The Balaban J connectivity index is 0.00000676. The lowest BCUT2D eigenvalue weighted by Gasteiger charge is -2.25. The van der Waals surface area contributed by atoms with E-state index in [0.29, 0.717) is 11.3 Å². The third-order valence-corrected chi connectivity index (χ3v) is 3.95. The zero-order valence-corrected chi connectivity index (χ0v) is 16.5. The number of nitrogens with one attached hydrogen (secondary N) is 1. The van der Waals surface area contributed by atoms with E-state index in [2.05, 4.69) is 5.32 Å². The maximum atomic E-state index is 12.8. The molecule has 5 nitrogen and oxygen atoms in total. The van der Waals surface area contributed by atoms with Crippen molar-refractivity contribution >= 4 is 24.2 Å². The second-order valence-electron chi connectivity index (χ2n) is 6.65. The van der Waals surface area contributed by atoms with Crippen molar-refractivity contribution in [1.82, 2.24) is 10.2 Å². The lowest BCUT2D eigenvalue weighted by Crippen LogP contribution is -2.49. The van der Waals surface area contributed by atoms with Gasteiger partial charge in [0, 0.05) is 6.54 Å². The van der Waals surface area contributed by atoms with Crippen molar-refractivity contribution < 1.29 is 22.8 Å². The molecule has 27 heavy (non-hydrogen) atoms. The van der Waals surface area contributed by atoms with Crippen LogP contribution in [0.25, 0.3) is 0 Å². The number of halogens is 4. The number of alkyl halides is 3. The minimum Gasteiger partial charge on any atom is -0.346 e. The van der Waals surface area contributed by atoms with Gasteiger partial charge in [-0.3, -0.25) is 9.59 Å². The summed E-state index contributed by atoms with van der Waals surface area (Å²) in [5, 5.41) is 2.31. The first-order chi connectivity index (χ1) is 12.0. The number of carbonyl (C=O) groups excluding carboxylic acids is 2. The van der Waals surface area contributed by atoms with Gasteiger partial charge in [0.05, 0.1) is 12.6 Å².